The van der Waals surface area contributed by atoms with E-state index in [9.17, 15) is 0 Å². The molecule has 166 valence electrons. The number of anilines is 2. The molecular formula is C34H25N. The van der Waals surface area contributed by atoms with E-state index in [4.69, 9.17) is 0 Å². The van der Waals surface area contributed by atoms with Gasteiger partial charge in [-0.25, -0.2) is 0 Å². The minimum atomic E-state index is 1.08. The zero-order valence-electron chi connectivity index (χ0n) is 19.4. The van der Waals surface area contributed by atoms with Crippen molar-refractivity contribution in [2.24, 2.45) is 0 Å². The maximum absolute atomic E-state index is 3.67. The van der Waals surface area contributed by atoms with Crippen LogP contribution in [0, 0.1) is 0 Å². The molecule has 0 radical (unpaired) electrons. The first-order chi connectivity index (χ1) is 17.3. The van der Waals surface area contributed by atoms with Crippen molar-refractivity contribution >= 4 is 22.1 Å². The molecule has 1 heteroatoms. The summed E-state index contributed by atoms with van der Waals surface area (Å²) in [5.41, 5.74) is 9.50. The molecule has 6 rings (SSSR count). The van der Waals surface area contributed by atoms with Crippen molar-refractivity contribution in [3.8, 4) is 33.4 Å². The maximum atomic E-state index is 3.67. The third-order valence-electron chi connectivity index (χ3n) is 6.46. The third-order valence-corrected chi connectivity index (χ3v) is 6.46. The Morgan fingerprint density at radius 1 is 0.343 bits per heavy atom. The van der Waals surface area contributed by atoms with Crippen LogP contribution in [0.3, 0.4) is 0 Å². The molecule has 0 heterocycles. The highest BCUT2D eigenvalue weighted by Crippen LogP contribution is 2.34. The van der Waals surface area contributed by atoms with E-state index in [2.05, 4.69) is 145 Å². The van der Waals surface area contributed by atoms with Crippen LogP contribution in [0.15, 0.2) is 146 Å². The Kier molecular flexibility index (Phi) is 5.58. The Morgan fingerprint density at radius 2 is 0.800 bits per heavy atom. The Bertz CT molecular complexity index is 1570. The molecule has 1 nitrogen and oxygen atoms in total. The highest BCUT2D eigenvalue weighted by Gasteiger charge is 2.08. The predicted molar refractivity (Wildman–Crippen MR) is 150 cm³/mol. The van der Waals surface area contributed by atoms with Crippen molar-refractivity contribution in [1.29, 1.82) is 0 Å². The van der Waals surface area contributed by atoms with Gasteiger partial charge in [0.05, 0.1) is 0 Å². The summed E-state index contributed by atoms with van der Waals surface area (Å²) >= 11 is 0. The Balaban J connectivity index is 1.34. The number of fused-ring (bicyclic) bond motifs is 1. The van der Waals surface area contributed by atoms with Gasteiger partial charge in [-0.3, -0.25) is 0 Å². The molecule has 0 unspecified atom stereocenters. The predicted octanol–water partition coefficient (Wildman–Crippen LogP) is 9.58. The topological polar surface area (TPSA) is 12.0 Å². The maximum Gasteiger partial charge on any atom is 0.0470 e. The van der Waals surface area contributed by atoms with E-state index in [-0.39, 0.29) is 0 Å². The van der Waals surface area contributed by atoms with E-state index >= 15 is 0 Å². The van der Waals surface area contributed by atoms with E-state index in [1.54, 1.807) is 0 Å². The molecular weight excluding hydrogens is 422 g/mol. The summed E-state index contributed by atoms with van der Waals surface area (Å²) in [6, 6.07) is 51.6. The van der Waals surface area contributed by atoms with Crippen LogP contribution in [-0.4, -0.2) is 0 Å². The first-order valence-electron chi connectivity index (χ1n) is 11.9. The molecule has 0 aliphatic carbocycles. The van der Waals surface area contributed by atoms with E-state index < -0.39 is 0 Å². The van der Waals surface area contributed by atoms with Gasteiger partial charge >= 0.3 is 0 Å². The highest BCUT2D eigenvalue weighted by molar-refractivity contribution is 5.99. The zero-order valence-corrected chi connectivity index (χ0v) is 19.4. The van der Waals surface area contributed by atoms with Gasteiger partial charge in [0, 0.05) is 16.8 Å². The van der Waals surface area contributed by atoms with Crippen LogP contribution in [-0.2, 0) is 0 Å². The van der Waals surface area contributed by atoms with Gasteiger partial charge in [0.2, 0.25) is 0 Å². The molecule has 0 atom stereocenters. The molecule has 0 saturated carbocycles. The van der Waals surface area contributed by atoms with Crippen LogP contribution in [0.25, 0.3) is 44.2 Å². The molecule has 1 N–H and O–H groups in total. The van der Waals surface area contributed by atoms with E-state index in [1.807, 2.05) is 6.07 Å². The average Bonchev–Trinajstić information content (AvgIpc) is 2.94. The lowest BCUT2D eigenvalue weighted by molar-refractivity contribution is 1.55. The molecule has 0 aliphatic heterocycles. The molecule has 0 bridgehead atoms. The van der Waals surface area contributed by atoms with Gasteiger partial charge in [0.15, 0.2) is 0 Å². The van der Waals surface area contributed by atoms with Crippen molar-refractivity contribution in [2.45, 2.75) is 0 Å². The van der Waals surface area contributed by atoms with Crippen LogP contribution in [0.2, 0.25) is 0 Å². The first kappa shape index (κ1) is 20.9. The van der Waals surface area contributed by atoms with Crippen LogP contribution in [0.4, 0.5) is 11.4 Å². The minimum absolute atomic E-state index is 1.08. The van der Waals surface area contributed by atoms with Gasteiger partial charge in [0.25, 0.3) is 0 Å². The van der Waals surface area contributed by atoms with Gasteiger partial charge in [-0.2, -0.15) is 0 Å². The molecule has 6 aromatic carbocycles. The fourth-order valence-corrected chi connectivity index (χ4v) is 4.60. The fourth-order valence-electron chi connectivity index (χ4n) is 4.60. The lowest BCUT2D eigenvalue weighted by Gasteiger charge is -2.14. The molecule has 6 aromatic rings. The summed E-state index contributed by atoms with van der Waals surface area (Å²) in [4.78, 5) is 0. The number of rotatable bonds is 5. The molecule has 0 spiro atoms. The summed E-state index contributed by atoms with van der Waals surface area (Å²) in [6.07, 6.45) is 0. The van der Waals surface area contributed by atoms with Crippen molar-refractivity contribution in [3.63, 3.8) is 0 Å². The van der Waals surface area contributed by atoms with Gasteiger partial charge < -0.3 is 5.32 Å². The first-order valence-corrected chi connectivity index (χ1v) is 11.9. The molecule has 0 fully saturated rings. The second-order valence-corrected chi connectivity index (χ2v) is 8.76. The molecule has 0 saturated heterocycles. The summed E-state index contributed by atoms with van der Waals surface area (Å²) in [5.74, 6) is 0. The third kappa shape index (κ3) is 4.45. The number of nitrogens with one attached hydrogen (secondary N) is 1. The number of hydrogen-bond donors (Lipinski definition) is 1. The Hall–Kier alpha value is -4.62. The molecule has 0 aromatic heterocycles. The van der Waals surface area contributed by atoms with Gasteiger partial charge in [0.1, 0.15) is 0 Å². The monoisotopic (exact) mass is 447 g/mol. The van der Waals surface area contributed by atoms with Crippen LogP contribution < -0.4 is 5.32 Å². The Labute approximate surface area is 206 Å². The van der Waals surface area contributed by atoms with Crippen molar-refractivity contribution in [2.75, 3.05) is 5.32 Å². The normalized spacial score (nSPS) is 10.9. The second kappa shape index (κ2) is 9.32. The standard InChI is InChI=1S/C34H25N/c1-3-9-25(10-4-1)27-15-17-29(18-16-27)31-23-30-13-7-8-14-33(30)34(24-31)35-32-21-19-28(20-22-32)26-11-5-2-6-12-26/h1-24,35H. The quantitative estimate of drug-likeness (QED) is 0.277. The summed E-state index contributed by atoms with van der Waals surface area (Å²) in [7, 11) is 0. The lowest BCUT2D eigenvalue weighted by Crippen LogP contribution is -1.93. The molecule has 0 amide bonds. The molecule has 0 aliphatic rings. The van der Waals surface area contributed by atoms with Crippen molar-refractivity contribution in [1.82, 2.24) is 0 Å². The van der Waals surface area contributed by atoms with Gasteiger partial charge in [-0.05, 0) is 63.0 Å². The second-order valence-electron chi connectivity index (χ2n) is 8.76. The van der Waals surface area contributed by atoms with Crippen LogP contribution >= 0.6 is 0 Å². The minimum Gasteiger partial charge on any atom is -0.355 e. The molecule has 35 heavy (non-hydrogen) atoms. The Morgan fingerprint density at radius 3 is 1.40 bits per heavy atom. The fraction of sp³-hybridized carbons (Fsp3) is 0. The number of benzene rings is 6. The SMILES string of the molecule is c1ccc(-c2ccc(Nc3cc(-c4ccc(-c5ccccc5)cc4)cc4ccccc34)cc2)cc1. The average molecular weight is 448 g/mol. The van der Waals surface area contributed by atoms with Crippen LogP contribution in [0.1, 0.15) is 0 Å². The zero-order chi connectivity index (χ0) is 23.5. The van der Waals surface area contributed by atoms with Gasteiger partial charge in [-0.15, -0.1) is 0 Å². The van der Waals surface area contributed by atoms with E-state index in [0.717, 1.165) is 11.4 Å². The van der Waals surface area contributed by atoms with Crippen molar-refractivity contribution in [3.05, 3.63) is 146 Å². The summed E-state index contributed by atoms with van der Waals surface area (Å²) in [5, 5.41) is 6.11. The van der Waals surface area contributed by atoms with E-state index in [1.165, 1.54) is 44.2 Å². The van der Waals surface area contributed by atoms with Gasteiger partial charge in [-0.1, -0.05) is 121 Å². The summed E-state index contributed by atoms with van der Waals surface area (Å²) < 4.78 is 0. The van der Waals surface area contributed by atoms with E-state index in [0.29, 0.717) is 0 Å². The van der Waals surface area contributed by atoms with Crippen LogP contribution in [0.5, 0.6) is 0 Å². The smallest absolute Gasteiger partial charge is 0.0470 e. The van der Waals surface area contributed by atoms with Crippen molar-refractivity contribution < 1.29 is 0 Å². The lowest BCUT2D eigenvalue weighted by atomic mass is 9.97. The highest BCUT2D eigenvalue weighted by atomic mass is 14.9. The largest absolute Gasteiger partial charge is 0.355 e. The summed E-state index contributed by atoms with van der Waals surface area (Å²) in [6.45, 7) is 0. The number of hydrogen-bond acceptors (Lipinski definition) is 1.